The third-order valence-electron chi connectivity index (χ3n) is 4.55. The minimum atomic E-state index is -0.868. The Morgan fingerprint density at radius 2 is 2.11 bits per heavy atom. The maximum atomic E-state index is 11.1. The van der Waals surface area contributed by atoms with Gasteiger partial charge >= 0.3 is 5.97 Å². The van der Waals surface area contributed by atoms with Gasteiger partial charge in [0.25, 0.3) is 0 Å². The molecule has 2 aliphatic rings. The van der Waals surface area contributed by atoms with Gasteiger partial charge in [-0.3, -0.25) is 0 Å². The van der Waals surface area contributed by atoms with Gasteiger partial charge in [-0.2, -0.15) is 0 Å². The molecule has 1 saturated carbocycles. The lowest BCUT2D eigenvalue weighted by Crippen LogP contribution is -2.36. The topological polar surface area (TPSA) is 52.6 Å². The molecule has 0 bridgehead atoms. The molecular formula is C15H20N2O2. The number of rotatable bonds is 1. The molecule has 0 amide bonds. The van der Waals surface area contributed by atoms with Crippen molar-refractivity contribution in [2.75, 3.05) is 30.4 Å². The highest BCUT2D eigenvalue weighted by Gasteiger charge is 2.37. The van der Waals surface area contributed by atoms with E-state index >= 15 is 0 Å². The largest absolute Gasteiger partial charge is 0.478 e. The van der Waals surface area contributed by atoms with Crippen molar-refractivity contribution in [3.8, 4) is 0 Å². The number of carboxylic acids is 1. The van der Waals surface area contributed by atoms with Gasteiger partial charge in [-0.1, -0.05) is 12.8 Å². The van der Waals surface area contributed by atoms with Gasteiger partial charge in [0, 0.05) is 25.6 Å². The Morgan fingerprint density at radius 1 is 1.37 bits per heavy atom. The van der Waals surface area contributed by atoms with Crippen molar-refractivity contribution < 1.29 is 9.90 Å². The first-order valence-electron chi connectivity index (χ1n) is 6.92. The first kappa shape index (κ1) is 12.3. The van der Waals surface area contributed by atoms with Crippen LogP contribution in [-0.2, 0) is 0 Å². The molecule has 2 N–H and O–H groups in total. The molecule has 1 aromatic rings. The van der Waals surface area contributed by atoms with E-state index in [1.165, 1.54) is 25.7 Å². The molecular weight excluding hydrogens is 240 g/mol. The van der Waals surface area contributed by atoms with E-state index in [4.69, 9.17) is 5.11 Å². The first-order valence-corrected chi connectivity index (χ1v) is 6.92. The third kappa shape index (κ3) is 2.15. The van der Waals surface area contributed by atoms with Gasteiger partial charge in [0.2, 0.25) is 0 Å². The summed E-state index contributed by atoms with van der Waals surface area (Å²) in [5.41, 5.74) is 2.76. The smallest absolute Gasteiger partial charge is 0.335 e. The molecule has 4 nitrogen and oxygen atoms in total. The van der Waals surface area contributed by atoms with Crippen LogP contribution in [0.15, 0.2) is 18.2 Å². The number of benzene rings is 1. The summed E-state index contributed by atoms with van der Waals surface area (Å²) >= 11 is 0. The fraction of sp³-hybridized carbons (Fsp3) is 0.533. The Morgan fingerprint density at radius 3 is 2.79 bits per heavy atom. The summed E-state index contributed by atoms with van der Waals surface area (Å²) in [6.45, 7) is 2.01. The maximum Gasteiger partial charge on any atom is 0.335 e. The SMILES string of the molecule is CN1CC2(CCCC2)CNc2cc(C(=O)O)ccc21. The van der Waals surface area contributed by atoms with Gasteiger partial charge in [0.05, 0.1) is 16.9 Å². The number of carboxylic acid groups (broad SMARTS) is 1. The van der Waals surface area contributed by atoms with Gasteiger partial charge in [-0.05, 0) is 31.0 Å². The lowest BCUT2D eigenvalue weighted by Gasteiger charge is -2.31. The zero-order valence-electron chi connectivity index (χ0n) is 11.3. The van der Waals surface area contributed by atoms with Crippen LogP contribution in [0.3, 0.4) is 0 Å². The molecule has 0 aromatic heterocycles. The van der Waals surface area contributed by atoms with E-state index in [1.54, 1.807) is 12.1 Å². The van der Waals surface area contributed by atoms with Gasteiger partial charge < -0.3 is 15.3 Å². The molecule has 1 aliphatic heterocycles. The van der Waals surface area contributed by atoms with Crippen LogP contribution in [0, 0.1) is 5.41 Å². The average Bonchev–Trinajstić information content (AvgIpc) is 2.79. The minimum Gasteiger partial charge on any atom is -0.478 e. The fourth-order valence-corrected chi connectivity index (χ4v) is 3.53. The number of aromatic carboxylic acids is 1. The van der Waals surface area contributed by atoms with Crippen LogP contribution in [-0.4, -0.2) is 31.2 Å². The van der Waals surface area contributed by atoms with E-state index in [0.717, 1.165) is 24.5 Å². The van der Waals surface area contributed by atoms with Crippen LogP contribution in [0.4, 0.5) is 11.4 Å². The van der Waals surface area contributed by atoms with Crippen molar-refractivity contribution in [2.24, 2.45) is 5.41 Å². The summed E-state index contributed by atoms with van der Waals surface area (Å²) in [4.78, 5) is 13.3. The Kier molecular flexibility index (Phi) is 2.88. The molecule has 0 saturated heterocycles. The number of fused-ring (bicyclic) bond motifs is 1. The van der Waals surface area contributed by atoms with Crippen LogP contribution in [0.2, 0.25) is 0 Å². The standard InChI is InChI=1S/C15H20N2O2/c1-17-10-15(6-2-3-7-15)9-16-12-8-11(14(18)19)4-5-13(12)17/h4-5,8,16H,2-3,6-7,9-10H2,1H3,(H,18,19). The third-order valence-corrected chi connectivity index (χ3v) is 4.55. The van der Waals surface area contributed by atoms with Gasteiger partial charge in [-0.15, -0.1) is 0 Å². The second-order valence-corrected chi connectivity index (χ2v) is 5.95. The number of hydrogen-bond donors (Lipinski definition) is 2. The number of nitrogens with zero attached hydrogens (tertiary/aromatic N) is 1. The van der Waals surface area contributed by atoms with E-state index in [0.29, 0.717) is 11.0 Å². The zero-order valence-corrected chi connectivity index (χ0v) is 11.3. The summed E-state index contributed by atoms with van der Waals surface area (Å²) in [5.74, 6) is -0.868. The van der Waals surface area contributed by atoms with Crippen molar-refractivity contribution in [1.82, 2.24) is 0 Å². The van der Waals surface area contributed by atoms with Crippen LogP contribution in [0.5, 0.6) is 0 Å². The highest BCUT2D eigenvalue weighted by Crippen LogP contribution is 2.43. The minimum absolute atomic E-state index is 0.349. The molecule has 1 aliphatic carbocycles. The highest BCUT2D eigenvalue weighted by atomic mass is 16.4. The molecule has 1 spiro atoms. The Bertz CT molecular complexity index is 507. The number of nitrogens with one attached hydrogen (secondary N) is 1. The molecule has 1 fully saturated rings. The van der Waals surface area contributed by atoms with Crippen LogP contribution in [0.1, 0.15) is 36.0 Å². The molecule has 4 heteroatoms. The number of anilines is 2. The molecule has 19 heavy (non-hydrogen) atoms. The summed E-state index contributed by atoms with van der Waals surface area (Å²) < 4.78 is 0. The van der Waals surface area contributed by atoms with Gasteiger partial charge in [-0.25, -0.2) is 4.79 Å². The van der Waals surface area contributed by atoms with E-state index in [2.05, 4.69) is 17.3 Å². The molecule has 0 unspecified atom stereocenters. The van der Waals surface area contributed by atoms with Crippen molar-refractivity contribution in [3.63, 3.8) is 0 Å². The lowest BCUT2D eigenvalue weighted by molar-refractivity contribution is 0.0697. The van der Waals surface area contributed by atoms with Crippen molar-refractivity contribution in [1.29, 1.82) is 0 Å². The number of hydrogen-bond acceptors (Lipinski definition) is 3. The quantitative estimate of drug-likeness (QED) is 0.815. The van der Waals surface area contributed by atoms with Crippen LogP contribution in [0.25, 0.3) is 0 Å². The van der Waals surface area contributed by atoms with Crippen LogP contribution < -0.4 is 10.2 Å². The predicted molar refractivity (Wildman–Crippen MR) is 76.1 cm³/mol. The van der Waals surface area contributed by atoms with Gasteiger partial charge in [0.15, 0.2) is 0 Å². The summed E-state index contributed by atoms with van der Waals surface area (Å²) in [6.07, 6.45) is 5.16. The predicted octanol–water partition coefficient (Wildman–Crippen LogP) is 2.81. The van der Waals surface area contributed by atoms with E-state index < -0.39 is 5.97 Å². The molecule has 1 aromatic carbocycles. The molecule has 102 valence electrons. The second kappa shape index (κ2) is 4.44. The molecule has 3 rings (SSSR count). The summed E-state index contributed by atoms with van der Waals surface area (Å²) in [6, 6.07) is 5.36. The normalized spacial score (nSPS) is 20.8. The monoisotopic (exact) mass is 260 g/mol. The highest BCUT2D eigenvalue weighted by molar-refractivity contribution is 5.91. The molecule has 0 atom stereocenters. The lowest BCUT2D eigenvalue weighted by atomic mass is 9.86. The Balaban J connectivity index is 1.94. The maximum absolute atomic E-state index is 11.1. The average molecular weight is 260 g/mol. The Hall–Kier alpha value is -1.71. The molecule has 0 radical (unpaired) electrons. The fourth-order valence-electron chi connectivity index (χ4n) is 3.53. The Labute approximate surface area is 113 Å². The zero-order chi connectivity index (χ0) is 13.5. The second-order valence-electron chi connectivity index (χ2n) is 5.95. The van der Waals surface area contributed by atoms with E-state index in [9.17, 15) is 4.79 Å². The van der Waals surface area contributed by atoms with Crippen molar-refractivity contribution in [3.05, 3.63) is 23.8 Å². The van der Waals surface area contributed by atoms with Crippen LogP contribution >= 0.6 is 0 Å². The summed E-state index contributed by atoms with van der Waals surface area (Å²) in [7, 11) is 2.10. The van der Waals surface area contributed by atoms with E-state index in [-0.39, 0.29) is 0 Å². The number of carbonyl (C=O) groups is 1. The molecule has 1 heterocycles. The van der Waals surface area contributed by atoms with Crippen molar-refractivity contribution >= 4 is 17.3 Å². The van der Waals surface area contributed by atoms with Gasteiger partial charge in [0.1, 0.15) is 0 Å². The van der Waals surface area contributed by atoms with E-state index in [1.807, 2.05) is 6.07 Å². The van der Waals surface area contributed by atoms with Crippen molar-refractivity contribution in [2.45, 2.75) is 25.7 Å². The summed E-state index contributed by atoms with van der Waals surface area (Å²) in [5, 5.41) is 12.6. The first-order chi connectivity index (χ1) is 9.10.